The van der Waals surface area contributed by atoms with Gasteiger partial charge in [-0.3, -0.25) is 14.9 Å². The van der Waals surface area contributed by atoms with Crippen molar-refractivity contribution in [3.63, 3.8) is 0 Å². The van der Waals surface area contributed by atoms with Gasteiger partial charge in [0.15, 0.2) is 0 Å². The fourth-order valence-corrected chi connectivity index (χ4v) is 2.65. The van der Waals surface area contributed by atoms with Gasteiger partial charge in [0.05, 0.1) is 6.54 Å². The van der Waals surface area contributed by atoms with Crippen LogP contribution in [0.5, 0.6) is 0 Å². The highest BCUT2D eigenvalue weighted by Crippen LogP contribution is 2.19. The molecule has 25 heavy (non-hydrogen) atoms. The molecule has 1 heterocycles. The topological polar surface area (TPSA) is 111 Å². The van der Waals surface area contributed by atoms with Gasteiger partial charge in [-0.25, -0.2) is 4.79 Å². The summed E-state index contributed by atoms with van der Waals surface area (Å²) < 4.78 is 0. The Morgan fingerprint density at radius 2 is 1.80 bits per heavy atom. The number of aliphatic hydroxyl groups excluding tert-OH is 1. The number of benzene rings is 1. The largest absolute Gasteiger partial charge is 0.396 e. The van der Waals surface area contributed by atoms with Gasteiger partial charge in [0.25, 0.3) is 5.91 Å². The van der Waals surface area contributed by atoms with E-state index < -0.39 is 11.9 Å². The van der Waals surface area contributed by atoms with E-state index in [1.54, 1.807) is 29.2 Å². The van der Waals surface area contributed by atoms with Gasteiger partial charge in [-0.15, -0.1) is 0 Å². The van der Waals surface area contributed by atoms with E-state index >= 15 is 0 Å². The summed E-state index contributed by atoms with van der Waals surface area (Å²) in [6, 6.07) is 6.30. The molecule has 1 aliphatic heterocycles. The first-order valence-corrected chi connectivity index (χ1v) is 8.29. The summed E-state index contributed by atoms with van der Waals surface area (Å²) in [5, 5.41) is 16.5. The second kappa shape index (κ2) is 9.03. The van der Waals surface area contributed by atoms with Crippen LogP contribution in [0, 0.1) is 5.92 Å². The lowest BCUT2D eigenvalue weighted by Gasteiger charge is -2.31. The molecule has 0 aliphatic carbocycles. The Labute approximate surface area is 146 Å². The van der Waals surface area contributed by atoms with E-state index in [0.717, 1.165) is 12.8 Å². The number of imide groups is 1. The Bertz CT molecular complexity index is 610. The molecule has 1 fully saturated rings. The summed E-state index contributed by atoms with van der Waals surface area (Å²) in [7, 11) is 1.43. The molecule has 1 aromatic carbocycles. The predicted molar refractivity (Wildman–Crippen MR) is 93.2 cm³/mol. The number of carbonyl (C=O) groups is 3. The molecule has 8 heteroatoms. The number of nitrogens with zero attached hydrogens (tertiary/aromatic N) is 1. The third kappa shape index (κ3) is 5.46. The molecule has 4 N–H and O–H groups in total. The Morgan fingerprint density at radius 3 is 2.36 bits per heavy atom. The smallest absolute Gasteiger partial charge is 0.321 e. The first-order valence-electron chi connectivity index (χ1n) is 8.29. The van der Waals surface area contributed by atoms with Gasteiger partial charge in [0, 0.05) is 38.0 Å². The summed E-state index contributed by atoms with van der Waals surface area (Å²) in [6.45, 7) is 1.44. The molecule has 0 spiro atoms. The predicted octanol–water partition coefficient (Wildman–Crippen LogP) is 0.399. The number of likely N-dealkylation sites (tertiary alicyclic amines) is 1. The Hall–Kier alpha value is -2.61. The number of piperidine rings is 1. The first-order chi connectivity index (χ1) is 12.0. The lowest BCUT2D eigenvalue weighted by Crippen LogP contribution is -2.40. The highest BCUT2D eigenvalue weighted by atomic mass is 16.3. The second-order valence-electron chi connectivity index (χ2n) is 5.98. The minimum absolute atomic E-state index is 0.0275. The van der Waals surface area contributed by atoms with E-state index in [9.17, 15) is 14.4 Å². The van der Waals surface area contributed by atoms with Gasteiger partial charge < -0.3 is 20.6 Å². The maximum absolute atomic E-state index is 12.5. The van der Waals surface area contributed by atoms with Crippen molar-refractivity contribution in [3.8, 4) is 0 Å². The molecule has 0 saturated carbocycles. The molecule has 2 rings (SSSR count). The second-order valence-corrected chi connectivity index (χ2v) is 5.98. The maximum atomic E-state index is 12.5. The highest BCUT2D eigenvalue weighted by molar-refractivity contribution is 5.96. The van der Waals surface area contributed by atoms with Crippen LogP contribution >= 0.6 is 0 Å². The number of hydrogen-bond donors (Lipinski definition) is 4. The molecule has 8 nitrogen and oxygen atoms in total. The molecule has 0 atom stereocenters. The van der Waals surface area contributed by atoms with E-state index in [-0.39, 0.29) is 25.0 Å². The van der Waals surface area contributed by atoms with E-state index in [1.807, 2.05) is 0 Å². The summed E-state index contributed by atoms with van der Waals surface area (Å²) in [5.41, 5.74) is 1.27. The van der Waals surface area contributed by atoms with E-state index in [1.165, 1.54) is 7.05 Å². The average Bonchev–Trinajstić information content (AvgIpc) is 2.66. The number of carbonyl (C=O) groups excluding carboxylic acids is 3. The average molecular weight is 348 g/mol. The number of amides is 4. The van der Waals surface area contributed by atoms with Crippen molar-refractivity contribution in [2.24, 2.45) is 5.92 Å². The Morgan fingerprint density at radius 1 is 1.16 bits per heavy atom. The fourth-order valence-electron chi connectivity index (χ4n) is 2.65. The molecule has 0 unspecified atom stereocenters. The van der Waals surface area contributed by atoms with Crippen LogP contribution in [0.15, 0.2) is 24.3 Å². The lowest BCUT2D eigenvalue weighted by atomic mass is 9.97. The zero-order valence-electron chi connectivity index (χ0n) is 14.2. The highest BCUT2D eigenvalue weighted by Gasteiger charge is 2.23. The zero-order chi connectivity index (χ0) is 18.2. The molecule has 1 aliphatic rings. The van der Waals surface area contributed by atoms with Gasteiger partial charge in [-0.2, -0.15) is 0 Å². The van der Waals surface area contributed by atoms with Crippen molar-refractivity contribution < 1.29 is 19.5 Å². The molecular weight excluding hydrogens is 324 g/mol. The number of urea groups is 1. The molecule has 136 valence electrons. The summed E-state index contributed by atoms with van der Waals surface area (Å²) in [4.78, 5) is 36.8. The molecule has 4 amide bonds. The van der Waals surface area contributed by atoms with E-state index in [0.29, 0.717) is 24.3 Å². The van der Waals surface area contributed by atoms with E-state index in [4.69, 9.17) is 5.11 Å². The van der Waals surface area contributed by atoms with Gasteiger partial charge >= 0.3 is 6.03 Å². The van der Waals surface area contributed by atoms with Crippen LogP contribution < -0.4 is 16.0 Å². The van der Waals surface area contributed by atoms with Crippen molar-refractivity contribution in [1.82, 2.24) is 15.5 Å². The molecule has 0 bridgehead atoms. The summed E-state index contributed by atoms with van der Waals surface area (Å²) >= 11 is 0. The Balaban J connectivity index is 1.84. The van der Waals surface area contributed by atoms with Gasteiger partial charge in [-0.05, 0) is 43.0 Å². The van der Waals surface area contributed by atoms with Crippen LogP contribution in [0.4, 0.5) is 10.5 Å². The minimum Gasteiger partial charge on any atom is -0.396 e. The molecule has 0 radical (unpaired) electrons. The number of rotatable bonds is 5. The van der Waals surface area contributed by atoms with Crippen molar-refractivity contribution in [1.29, 1.82) is 0 Å². The fraction of sp³-hybridized carbons (Fsp3) is 0.471. The summed E-state index contributed by atoms with van der Waals surface area (Å²) in [6.07, 6.45) is 1.64. The van der Waals surface area contributed by atoms with Crippen LogP contribution in [0.1, 0.15) is 23.2 Å². The normalized spacial score (nSPS) is 14.7. The van der Waals surface area contributed by atoms with Gasteiger partial charge in [0.2, 0.25) is 5.91 Å². The zero-order valence-corrected chi connectivity index (χ0v) is 14.2. The number of hydrogen-bond acceptors (Lipinski definition) is 5. The standard InChI is InChI=1S/C17H24N4O4/c1-18-17(25)20-15(23)10-19-14-4-2-13(3-5-14)16(24)21-8-6-12(11-22)7-9-21/h2-5,12,19,22H,6-11H2,1H3,(H2,18,20,23,25). The molecule has 0 aromatic heterocycles. The van der Waals surface area contributed by atoms with Crippen molar-refractivity contribution in [2.45, 2.75) is 12.8 Å². The van der Waals surface area contributed by atoms with Gasteiger partial charge in [0.1, 0.15) is 0 Å². The van der Waals surface area contributed by atoms with E-state index in [2.05, 4.69) is 16.0 Å². The number of nitrogens with one attached hydrogen (secondary N) is 3. The third-order valence-corrected chi connectivity index (χ3v) is 4.22. The van der Waals surface area contributed by atoms with Crippen molar-refractivity contribution in [2.75, 3.05) is 38.6 Å². The first kappa shape index (κ1) is 18.7. The SMILES string of the molecule is CNC(=O)NC(=O)CNc1ccc(C(=O)N2CCC(CO)CC2)cc1. The molecular formula is C17H24N4O4. The Kier molecular flexibility index (Phi) is 6.76. The van der Waals surface area contributed by atoms with Crippen molar-refractivity contribution >= 4 is 23.5 Å². The van der Waals surface area contributed by atoms with Crippen molar-refractivity contribution in [3.05, 3.63) is 29.8 Å². The quantitative estimate of drug-likeness (QED) is 0.616. The van der Waals surface area contributed by atoms with Crippen LogP contribution in [0.2, 0.25) is 0 Å². The molecule has 1 saturated heterocycles. The van der Waals surface area contributed by atoms with Gasteiger partial charge in [-0.1, -0.05) is 0 Å². The number of aliphatic hydroxyl groups is 1. The van der Waals surface area contributed by atoms with Crippen LogP contribution in [0.25, 0.3) is 0 Å². The van der Waals surface area contributed by atoms with Crippen LogP contribution in [0.3, 0.4) is 0 Å². The van der Waals surface area contributed by atoms with Crippen LogP contribution in [-0.2, 0) is 4.79 Å². The number of anilines is 1. The minimum atomic E-state index is -0.558. The van der Waals surface area contributed by atoms with Crippen LogP contribution in [-0.4, -0.2) is 61.1 Å². The summed E-state index contributed by atoms with van der Waals surface area (Å²) in [5.74, 6) is -0.192. The maximum Gasteiger partial charge on any atom is 0.321 e. The molecule has 1 aromatic rings. The lowest BCUT2D eigenvalue weighted by molar-refractivity contribution is -0.118. The monoisotopic (exact) mass is 348 g/mol. The third-order valence-electron chi connectivity index (χ3n) is 4.22.